The Labute approximate surface area is 180 Å². The summed E-state index contributed by atoms with van der Waals surface area (Å²) < 4.78 is 25.2. The van der Waals surface area contributed by atoms with E-state index in [0.29, 0.717) is 0 Å². The molecule has 0 bridgehead atoms. The molecule has 3 heterocycles. The first-order valence-corrected chi connectivity index (χ1v) is 10.6. The average molecular weight is 410 g/mol. The maximum atomic E-state index is 6.31. The van der Waals surface area contributed by atoms with Crippen LogP contribution < -0.4 is 10.9 Å². The largest absolute Gasteiger partial charge is 0.497 e. The average Bonchev–Trinajstić information content (AvgIpc) is 2.94. The fourth-order valence-electron chi connectivity index (χ4n) is 3.66. The molecule has 0 radical (unpaired) electrons. The SMILES string of the molecule is Cc1nc2c(B3OC(C)(C)C(C)(C)O3)ccc(B3OC(C)(C)C(C)(C)O3)c2nc1C. The van der Waals surface area contributed by atoms with Crippen LogP contribution in [0, 0.1) is 13.8 Å². The number of fused-ring (bicyclic) bond motifs is 1. The van der Waals surface area contributed by atoms with Crippen molar-refractivity contribution in [2.75, 3.05) is 0 Å². The van der Waals surface area contributed by atoms with Crippen molar-refractivity contribution in [1.29, 1.82) is 0 Å². The zero-order valence-corrected chi connectivity index (χ0v) is 19.8. The first-order chi connectivity index (χ1) is 13.7. The van der Waals surface area contributed by atoms with E-state index < -0.39 is 36.6 Å². The van der Waals surface area contributed by atoms with Gasteiger partial charge in [-0.15, -0.1) is 0 Å². The van der Waals surface area contributed by atoms with Crippen LogP contribution in [-0.4, -0.2) is 46.6 Å². The molecule has 0 aliphatic carbocycles. The van der Waals surface area contributed by atoms with Crippen molar-refractivity contribution in [2.45, 2.75) is 91.6 Å². The molecule has 0 spiro atoms. The number of rotatable bonds is 2. The molecule has 4 rings (SSSR count). The van der Waals surface area contributed by atoms with Crippen LogP contribution in [-0.2, 0) is 18.6 Å². The smallest absolute Gasteiger partial charge is 0.399 e. The fraction of sp³-hybridized carbons (Fsp3) is 0.636. The topological polar surface area (TPSA) is 62.7 Å². The Morgan fingerprint density at radius 1 is 0.567 bits per heavy atom. The third-order valence-electron chi connectivity index (χ3n) is 7.31. The summed E-state index contributed by atoms with van der Waals surface area (Å²) >= 11 is 0. The summed E-state index contributed by atoms with van der Waals surface area (Å²) in [5, 5.41) is 0. The fourth-order valence-corrected chi connectivity index (χ4v) is 3.66. The van der Waals surface area contributed by atoms with Crippen molar-refractivity contribution in [3.8, 4) is 0 Å². The highest BCUT2D eigenvalue weighted by Gasteiger charge is 2.54. The molecule has 0 saturated carbocycles. The number of nitrogens with zero attached hydrogens (tertiary/aromatic N) is 2. The molecule has 0 N–H and O–H groups in total. The summed E-state index contributed by atoms with van der Waals surface area (Å²) in [6, 6.07) is 4.02. The number of benzene rings is 1. The Bertz CT molecular complexity index is 907. The van der Waals surface area contributed by atoms with Gasteiger partial charge in [0.25, 0.3) is 0 Å². The summed E-state index contributed by atoms with van der Waals surface area (Å²) in [6.45, 7) is 20.3. The number of hydrogen-bond acceptors (Lipinski definition) is 6. The van der Waals surface area contributed by atoms with Crippen molar-refractivity contribution >= 4 is 36.2 Å². The lowest BCUT2D eigenvalue weighted by atomic mass is 9.72. The molecule has 160 valence electrons. The lowest BCUT2D eigenvalue weighted by molar-refractivity contribution is 0.00578. The molecule has 2 aliphatic heterocycles. The molecule has 2 fully saturated rings. The Morgan fingerprint density at radius 3 is 1.10 bits per heavy atom. The predicted octanol–water partition coefficient (Wildman–Crippen LogP) is 2.85. The van der Waals surface area contributed by atoms with Gasteiger partial charge >= 0.3 is 14.2 Å². The van der Waals surface area contributed by atoms with Gasteiger partial charge < -0.3 is 18.6 Å². The second-order valence-corrected chi connectivity index (χ2v) is 10.5. The highest BCUT2D eigenvalue weighted by atomic mass is 16.7. The van der Waals surface area contributed by atoms with Crippen LogP contribution in [0.1, 0.15) is 66.8 Å². The molecule has 2 aliphatic rings. The molecule has 1 aromatic carbocycles. The van der Waals surface area contributed by atoms with Crippen molar-refractivity contribution in [1.82, 2.24) is 9.97 Å². The summed E-state index contributed by atoms with van der Waals surface area (Å²) in [5.41, 5.74) is 3.33. The molecular formula is C22H32B2N2O4. The number of hydrogen-bond donors (Lipinski definition) is 0. The van der Waals surface area contributed by atoms with Crippen LogP contribution in [0.25, 0.3) is 11.0 Å². The third kappa shape index (κ3) is 3.20. The van der Waals surface area contributed by atoms with E-state index in [1.807, 2.05) is 26.0 Å². The van der Waals surface area contributed by atoms with Gasteiger partial charge in [-0.1, -0.05) is 12.1 Å². The minimum Gasteiger partial charge on any atom is -0.399 e. The quantitative estimate of drug-likeness (QED) is 0.710. The lowest BCUT2D eigenvalue weighted by Crippen LogP contribution is -2.41. The lowest BCUT2D eigenvalue weighted by Gasteiger charge is -2.32. The molecule has 1 aromatic heterocycles. The van der Waals surface area contributed by atoms with Crippen LogP contribution in [0.5, 0.6) is 0 Å². The van der Waals surface area contributed by atoms with Gasteiger partial charge in [0.05, 0.1) is 44.8 Å². The van der Waals surface area contributed by atoms with Crippen LogP contribution >= 0.6 is 0 Å². The Balaban J connectivity index is 1.85. The third-order valence-corrected chi connectivity index (χ3v) is 7.31. The molecule has 0 amide bonds. The standard InChI is InChI=1S/C22H32B2N2O4/c1-13-14(2)26-18-16(24-29-21(7,8)22(9,10)30-24)12-11-15(17(18)25-13)23-27-19(3,4)20(5,6)28-23/h11-12H,1-10H3. The molecule has 0 atom stereocenters. The molecule has 2 aromatic rings. The second-order valence-electron chi connectivity index (χ2n) is 10.5. The molecule has 2 saturated heterocycles. The van der Waals surface area contributed by atoms with Crippen molar-refractivity contribution < 1.29 is 18.6 Å². The van der Waals surface area contributed by atoms with Gasteiger partial charge in [-0.2, -0.15) is 0 Å². The zero-order chi connectivity index (χ0) is 22.3. The number of aryl methyl sites for hydroxylation is 2. The van der Waals surface area contributed by atoms with E-state index in [2.05, 4.69) is 55.4 Å². The summed E-state index contributed by atoms with van der Waals surface area (Å²) in [5.74, 6) is 0. The summed E-state index contributed by atoms with van der Waals surface area (Å²) in [7, 11) is -1.03. The van der Waals surface area contributed by atoms with E-state index in [9.17, 15) is 0 Å². The van der Waals surface area contributed by atoms with Gasteiger partial charge in [-0.05, 0) is 69.2 Å². The van der Waals surface area contributed by atoms with Crippen LogP contribution in [0.3, 0.4) is 0 Å². The van der Waals surface area contributed by atoms with Gasteiger partial charge in [0.15, 0.2) is 0 Å². The molecular weight excluding hydrogens is 378 g/mol. The highest BCUT2D eigenvalue weighted by molar-refractivity contribution is 6.68. The van der Waals surface area contributed by atoms with E-state index in [0.717, 1.165) is 33.3 Å². The normalized spacial score (nSPS) is 24.1. The molecule has 8 heteroatoms. The molecule has 6 nitrogen and oxygen atoms in total. The second kappa shape index (κ2) is 6.52. The van der Waals surface area contributed by atoms with Gasteiger partial charge in [0.1, 0.15) is 0 Å². The van der Waals surface area contributed by atoms with E-state index in [4.69, 9.17) is 28.6 Å². The monoisotopic (exact) mass is 410 g/mol. The Morgan fingerprint density at radius 2 is 0.833 bits per heavy atom. The van der Waals surface area contributed by atoms with Crippen LogP contribution in [0.15, 0.2) is 12.1 Å². The van der Waals surface area contributed by atoms with Gasteiger partial charge in [0.2, 0.25) is 0 Å². The maximum Gasteiger partial charge on any atom is 0.497 e. The van der Waals surface area contributed by atoms with Gasteiger partial charge in [-0.25, -0.2) is 9.97 Å². The minimum absolute atomic E-state index is 0.429. The zero-order valence-electron chi connectivity index (χ0n) is 19.8. The van der Waals surface area contributed by atoms with Crippen LogP contribution in [0.2, 0.25) is 0 Å². The van der Waals surface area contributed by atoms with Crippen molar-refractivity contribution in [3.05, 3.63) is 23.5 Å². The first kappa shape index (κ1) is 21.8. The highest BCUT2D eigenvalue weighted by Crippen LogP contribution is 2.38. The van der Waals surface area contributed by atoms with E-state index in [1.54, 1.807) is 0 Å². The first-order valence-electron chi connectivity index (χ1n) is 10.6. The Hall–Kier alpha value is -1.47. The van der Waals surface area contributed by atoms with Crippen molar-refractivity contribution in [3.63, 3.8) is 0 Å². The van der Waals surface area contributed by atoms with E-state index >= 15 is 0 Å². The molecule has 0 unspecified atom stereocenters. The predicted molar refractivity (Wildman–Crippen MR) is 120 cm³/mol. The van der Waals surface area contributed by atoms with E-state index in [-0.39, 0.29) is 0 Å². The van der Waals surface area contributed by atoms with Gasteiger partial charge in [-0.3, -0.25) is 0 Å². The number of aromatic nitrogens is 2. The van der Waals surface area contributed by atoms with E-state index in [1.165, 1.54) is 0 Å². The maximum absolute atomic E-state index is 6.31. The minimum atomic E-state index is -0.513. The summed E-state index contributed by atoms with van der Waals surface area (Å²) in [4.78, 5) is 9.77. The van der Waals surface area contributed by atoms with Crippen molar-refractivity contribution in [2.24, 2.45) is 0 Å². The van der Waals surface area contributed by atoms with Gasteiger partial charge in [0, 0.05) is 10.9 Å². The molecule has 30 heavy (non-hydrogen) atoms. The Kier molecular flexibility index (Phi) is 4.72. The summed E-state index contributed by atoms with van der Waals surface area (Å²) in [6.07, 6.45) is 0. The van der Waals surface area contributed by atoms with Crippen LogP contribution in [0.4, 0.5) is 0 Å².